The van der Waals surface area contributed by atoms with Crippen LogP contribution < -0.4 is 5.73 Å². The van der Waals surface area contributed by atoms with Crippen LogP contribution in [0.3, 0.4) is 0 Å². The molecule has 1 aromatic carbocycles. The quantitative estimate of drug-likeness (QED) is 0.855. The Bertz CT molecular complexity index is 337. The molecule has 1 unspecified atom stereocenters. The maximum Gasteiger partial charge on any atom is 0.0585 e. The third-order valence-electron chi connectivity index (χ3n) is 3.22. The lowest BCUT2D eigenvalue weighted by Crippen LogP contribution is -2.27. The van der Waals surface area contributed by atoms with Crippen molar-refractivity contribution in [3.05, 3.63) is 33.9 Å². The molecular formula is C13H22ClNO. The van der Waals surface area contributed by atoms with Gasteiger partial charge in [0, 0.05) is 6.04 Å². The zero-order chi connectivity index (χ0) is 11.6. The van der Waals surface area contributed by atoms with E-state index in [4.69, 9.17) is 10.8 Å². The van der Waals surface area contributed by atoms with Gasteiger partial charge in [0.2, 0.25) is 0 Å². The number of benzene rings is 1. The fraction of sp³-hybridized carbons (Fsp3) is 0.538. The van der Waals surface area contributed by atoms with E-state index in [0.29, 0.717) is 0 Å². The van der Waals surface area contributed by atoms with Crippen LogP contribution in [0.2, 0.25) is 0 Å². The number of hydrogen-bond acceptors (Lipinski definition) is 2. The van der Waals surface area contributed by atoms with Crippen LogP contribution in [0.4, 0.5) is 0 Å². The van der Waals surface area contributed by atoms with E-state index in [0.717, 1.165) is 6.42 Å². The van der Waals surface area contributed by atoms with Gasteiger partial charge < -0.3 is 10.8 Å². The van der Waals surface area contributed by atoms with Crippen LogP contribution in [0.15, 0.2) is 6.07 Å². The van der Waals surface area contributed by atoms with E-state index in [1.807, 2.05) is 0 Å². The number of aliphatic hydroxyl groups excluding tert-OH is 1. The highest BCUT2D eigenvalue weighted by atomic mass is 35.5. The first-order chi connectivity index (χ1) is 6.97. The number of aliphatic hydroxyl groups is 1. The fourth-order valence-electron chi connectivity index (χ4n) is 1.93. The Morgan fingerprint density at radius 3 is 1.94 bits per heavy atom. The molecule has 92 valence electrons. The van der Waals surface area contributed by atoms with Gasteiger partial charge in [-0.3, -0.25) is 0 Å². The second kappa shape index (κ2) is 6.24. The van der Waals surface area contributed by atoms with Gasteiger partial charge in [0.1, 0.15) is 0 Å². The van der Waals surface area contributed by atoms with Crippen LogP contribution in [0, 0.1) is 27.7 Å². The molecule has 0 aromatic heterocycles. The molecular weight excluding hydrogens is 222 g/mol. The van der Waals surface area contributed by atoms with Crippen LogP contribution in [0.25, 0.3) is 0 Å². The van der Waals surface area contributed by atoms with Gasteiger partial charge in [0.05, 0.1) is 6.61 Å². The second-order valence-corrected chi connectivity index (χ2v) is 4.39. The van der Waals surface area contributed by atoms with Gasteiger partial charge in [-0.25, -0.2) is 0 Å². The minimum absolute atomic E-state index is 0. The van der Waals surface area contributed by atoms with Crippen LogP contribution >= 0.6 is 12.4 Å². The molecule has 0 saturated heterocycles. The second-order valence-electron chi connectivity index (χ2n) is 4.39. The molecule has 0 fully saturated rings. The number of aryl methyl sites for hydroxylation is 2. The molecule has 0 amide bonds. The van der Waals surface area contributed by atoms with Gasteiger partial charge >= 0.3 is 0 Å². The minimum atomic E-state index is -0.149. The van der Waals surface area contributed by atoms with Gasteiger partial charge in [-0.1, -0.05) is 6.07 Å². The average Bonchev–Trinajstić information content (AvgIpc) is 2.21. The highest BCUT2D eigenvalue weighted by molar-refractivity contribution is 5.85. The zero-order valence-electron chi connectivity index (χ0n) is 10.5. The molecule has 2 nitrogen and oxygen atoms in total. The molecule has 0 radical (unpaired) electrons. The Kier molecular flexibility index (Phi) is 6.01. The summed E-state index contributed by atoms with van der Waals surface area (Å²) in [6.45, 7) is 8.54. The third-order valence-corrected chi connectivity index (χ3v) is 3.22. The van der Waals surface area contributed by atoms with Gasteiger partial charge in [0.15, 0.2) is 0 Å². The topological polar surface area (TPSA) is 46.2 Å². The first kappa shape index (κ1) is 15.4. The molecule has 16 heavy (non-hydrogen) atoms. The normalized spacial score (nSPS) is 12.1. The predicted molar refractivity (Wildman–Crippen MR) is 71.4 cm³/mol. The lowest BCUT2D eigenvalue weighted by molar-refractivity contribution is 0.265. The highest BCUT2D eigenvalue weighted by Crippen LogP contribution is 2.22. The van der Waals surface area contributed by atoms with Gasteiger partial charge in [0.25, 0.3) is 0 Å². The molecule has 3 heteroatoms. The lowest BCUT2D eigenvalue weighted by atomic mass is 9.90. The minimum Gasteiger partial charge on any atom is -0.395 e. The summed E-state index contributed by atoms with van der Waals surface area (Å²) in [7, 11) is 0. The summed E-state index contributed by atoms with van der Waals surface area (Å²) in [6, 6.07) is 2.06. The molecule has 0 aliphatic heterocycles. The van der Waals surface area contributed by atoms with Crippen molar-refractivity contribution < 1.29 is 5.11 Å². The SMILES string of the molecule is Cc1cc(C)c(C)c(CC(N)CO)c1C.Cl. The monoisotopic (exact) mass is 243 g/mol. The van der Waals surface area contributed by atoms with Gasteiger partial charge in [-0.05, 0) is 61.9 Å². The van der Waals surface area contributed by atoms with Crippen molar-refractivity contribution in [1.29, 1.82) is 0 Å². The van der Waals surface area contributed by atoms with Crippen molar-refractivity contribution in [2.24, 2.45) is 5.73 Å². The maximum absolute atomic E-state index is 8.99. The van der Waals surface area contributed by atoms with E-state index >= 15 is 0 Å². The number of nitrogens with two attached hydrogens (primary N) is 1. The molecule has 1 rings (SSSR count). The van der Waals surface area contributed by atoms with Crippen LogP contribution in [0.1, 0.15) is 27.8 Å². The van der Waals surface area contributed by atoms with E-state index in [1.165, 1.54) is 27.8 Å². The Morgan fingerprint density at radius 1 is 1.12 bits per heavy atom. The third kappa shape index (κ3) is 3.21. The van der Waals surface area contributed by atoms with Crippen LogP contribution in [-0.4, -0.2) is 17.8 Å². The first-order valence-electron chi connectivity index (χ1n) is 5.40. The van der Waals surface area contributed by atoms with Crippen molar-refractivity contribution in [3.63, 3.8) is 0 Å². The van der Waals surface area contributed by atoms with E-state index in [1.54, 1.807) is 0 Å². The van der Waals surface area contributed by atoms with E-state index in [2.05, 4.69) is 33.8 Å². The van der Waals surface area contributed by atoms with Gasteiger partial charge in [-0.15, -0.1) is 12.4 Å². The fourth-order valence-corrected chi connectivity index (χ4v) is 1.93. The number of hydrogen-bond donors (Lipinski definition) is 2. The number of halogens is 1. The lowest BCUT2D eigenvalue weighted by Gasteiger charge is -2.17. The highest BCUT2D eigenvalue weighted by Gasteiger charge is 2.11. The molecule has 0 aliphatic carbocycles. The summed E-state index contributed by atoms with van der Waals surface area (Å²) < 4.78 is 0. The van der Waals surface area contributed by atoms with Crippen molar-refractivity contribution in [3.8, 4) is 0 Å². The first-order valence-corrected chi connectivity index (χ1v) is 5.40. The van der Waals surface area contributed by atoms with Crippen molar-refractivity contribution in [2.75, 3.05) is 6.61 Å². The molecule has 1 aromatic rings. The summed E-state index contributed by atoms with van der Waals surface area (Å²) in [6.07, 6.45) is 0.761. The summed E-state index contributed by atoms with van der Waals surface area (Å²) in [4.78, 5) is 0. The molecule has 0 bridgehead atoms. The van der Waals surface area contributed by atoms with E-state index in [9.17, 15) is 0 Å². The summed E-state index contributed by atoms with van der Waals surface area (Å²) in [5.74, 6) is 0. The zero-order valence-corrected chi connectivity index (χ0v) is 11.3. The van der Waals surface area contributed by atoms with Crippen molar-refractivity contribution >= 4 is 12.4 Å². The summed E-state index contributed by atoms with van der Waals surface area (Å²) in [5, 5.41) is 8.99. The van der Waals surface area contributed by atoms with Crippen molar-refractivity contribution in [2.45, 2.75) is 40.2 Å². The predicted octanol–water partition coefficient (Wildman–Crippen LogP) is 2.20. The summed E-state index contributed by atoms with van der Waals surface area (Å²) in [5.41, 5.74) is 12.3. The number of rotatable bonds is 3. The maximum atomic E-state index is 8.99. The standard InChI is InChI=1S/C13H21NO.ClH/c1-8-5-9(2)11(4)13(10(8)3)6-12(14)7-15;/h5,12,15H,6-7,14H2,1-4H3;1H. The smallest absolute Gasteiger partial charge is 0.0585 e. The van der Waals surface area contributed by atoms with Gasteiger partial charge in [-0.2, -0.15) is 0 Å². The largest absolute Gasteiger partial charge is 0.395 e. The molecule has 1 atom stereocenters. The molecule has 0 spiro atoms. The van der Waals surface area contributed by atoms with E-state index < -0.39 is 0 Å². The average molecular weight is 244 g/mol. The van der Waals surface area contributed by atoms with Crippen LogP contribution in [-0.2, 0) is 6.42 Å². The molecule has 0 heterocycles. The molecule has 3 N–H and O–H groups in total. The Hall–Kier alpha value is -0.570. The Labute approximate surface area is 104 Å². The summed E-state index contributed by atoms with van der Waals surface area (Å²) >= 11 is 0. The van der Waals surface area contributed by atoms with Crippen molar-refractivity contribution in [1.82, 2.24) is 0 Å². The van der Waals surface area contributed by atoms with E-state index in [-0.39, 0.29) is 25.1 Å². The Balaban J connectivity index is 0.00000225. The molecule has 0 aliphatic rings. The molecule has 0 saturated carbocycles. The Morgan fingerprint density at radius 2 is 1.56 bits per heavy atom. The van der Waals surface area contributed by atoms with Crippen LogP contribution in [0.5, 0.6) is 0 Å².